The van der Waals surface area contributed by atoms with Crippen molar-refractivity contribution in [1.82, 2.24) is 9.71 Å². The quantitative estimate of drug-likeness (QED) is 0.908. The number of aromatic nitrogens is 1. The maximum Gasteiger partial charge on any atom is 0.239 e. The molecule has 0 aliphatic heterocycles. The van der Waals surface area contributed by atoms with Gasteiger partial charge in [-0.25, -0.2) is 13.4 Å². The lowest BCUT2D eigenvalue weighted by Crippen LogP contribution is -2.32. The van der Waals surface area contributed by atoms with Crippen LogP contribution in [0.15, 0.2) is 35.7 Å². The number of sulfonamides is 1. The Morgan fingerprint density at radius 2 is 1.86 bits per heavy atom. The number of thiazole rings is 1. The molecule has 0 bridgehead atoms. The molecule has 0 aliphatic carbocycles. The van der Waals surface area contributed by atoms with Gasteiger partial charge >= 0.3 is 0 Å². The number of nitrogens with zero attached hydrogens (tertiary/aromatic N) is 1. The van der Waals surface area contributed by atoms with Crippen LogP contribution in [0.2, 0.25) is 0 Å². The number of nitrogens with one attached hydrogen (secondary N) is 1. The highest BCUT2D eigenvalue weighted by Crippen LogP contribution is 2.09. The number of hydrogen-bond donors (Lipinski definition) is 1. The van der Waals surface area contributed by atoms with E-state index in [2.05, 4.69) is 9.71 Å². The molecule has 0 saturated carbocycles. The molecule has 7 heteroatoms. The molecule has 1 aromatic heterocycles. The van der Waals surface area contributed by atoms with Gasteiger partial charge in [0.25, 0.3) is 0 Å². The zero-order valence-electron chi connectivity index (χ0n) is 12.9. The Morgan fingerprint density at radius 3 is 2.41 bits per heavy atom. The van der Waals surface area contributed by atoms with Crippen LogP contribution in [0, 0.1) is 6.92 Å². The first kappa shape index (κ1) is 18.3. The third-order valence-corrected chi connectivity index (χ3v) is 4.55. The van der Waals surface area contributed by atoms with Crippen LogP contribution in [0.5, 0.6) is 0 Å². The summed E-state index contributed by atoms with van der Waals surface area (Å²) < 4.78 is 25.8. The van der Waals surface area contributed by atoms with Crippen molar-refractivity contribution in [3.63, 3.8) is 0 Å². The highest BCUT2D eigenvalue weighted by atomic mass is 32.2. The number of aryl methyl sites for hydroxylation is 1. The number of rotatable bonds is 5. The standard InChI is InChI=1S/C13H14N2O3S2.C2H6/c1-10-14-12(8-19-10)7-13(16)15-20(17,18)9-11-5-3-2-4-6-11;1-2/h2-6,8H,7,9H2,1H3,(H,15,16);1-2H3. The molecule has 0 unspecified atom stereocenters. The van der Waals surface area contributed by atoms with Crippen molar-refractivity contribution in [3.05, 3.63) is 52.0 Å². The van der Waals surface area contributed by atoms with Crippen LogP contribution in [-0.4, -0.2) is 19.3 Å². The van der Waals surface area contributed by atoms with Gasteiger partial charge in [-0.1, -0.05) is 44.2 Å². The van der Waals surface area contributed by atoms with Crippen molar-refractivity contribution in [3.8, 4) is 0 Å². The second-order valence-electron chi connectivity index (χ2n) is 4.30. The van der Waals surface area contributed by atoms with Crippen LogP contribution in [0.25, 0.3) is 0 Å². The average Bonchev–Trinajstić information content (AvgIpc) is 2.86. The summed E-state index contributed by atoms with van der Waals surface area (Å²) in [5.41, 5.74) is 1.22. The Labute approximate surface area is 135 Å². The zero-order chi connectivity index (χ0) is 16.6. The second-order valence-corrected chi connectivity index (χ2v) is 7.09. The smallest absolute Gasteiger partial charge is 0.239 e. The van der Waals surface area contributed by atoms with Crippen molar-refractivity contribution >= 4 is 27.3 Å². The van der Waals surface area contributed by atoms with E-state index in [-0.39, 0.29) is 12.2 Å². The van der Waals surface area contributed by atoms with Crippen LogP contribution in [0.4, 0.5) is 0 Å². The average molecular weight is 340 g/mol. The van der Waals surface area contributed by atoms with Crippen LogP contribution < -0.4 is 4.72 Å². The first-order valence-electron chi connectivity index (χ1n) is 6.93. The maximum absolute atomic E-state index is 11.9. The molecule has 2 aromatic rings. The Morgan fingerprint density at radius 1 is 1.23 bits per heavy atom. The monoisotopic (exact) mass is 340 g/mol. The lowest BCUT2D eigenvalue weighted by atomic mass is 10.2. The molecular weight excluding hydrogens is 320 g/mol. The minimum absolute atomic E-state index is 0.0294. The lowest BCUT2D eigenvalue weighted by molar-refractivity contribution is -0.118. The first-order valence-corrected chi connectivity index (χ1v) is 9.46. The van der Waals surface area contributed by atoms with Gasteiger partial charge in [0.15, 0.2) is 0 Å². The van der Waals surface area contributed by atoms with E-state index in [0.29, 0.717) is 11.3 Å². The second kappa shape index (κ2) is 8.65. The van der Waals surface area contributed by atoms with E-state index in [4.69, 9.17) is 0 Å². The Bertz CT molecular complexity index is 695. The van der Waals surface area contributed by atoms with E-state index in [0.717, 1.165) is 5.01 Å². The fraction of sp³-hybridized carbons (Fsp3) is 0.333. The van der Waals surface area contributed by atoms with E-state index >= 15 is 0 Å². The Balaban J connectivity index is 0.00000116. The number of hydrogen-bond acceptors (Lipinski definition) is 5. The van der Waals surface area contributed by atoms with E-state index in [1.807, 2.05) is 20.8 Å². The molecule has 1 aromatic carbocycles. The topological polar surface area (TPSA) is 76.1 Å². The fourth-order valence-electron chi connectivity index (χ4n) is 1.69. The summed E-state index contributed by atoms with van der Waals surface area (Å²) in [6.45, 7) is 5.83. The van der Waals surface area contributed by atoms with Gasteiger partial charge in [0, 0.05) is 5.38 Å². The highest BCUT2D eigenvalue weighted by Gasteiger charge is 2.16. The molecule has 2 rings (SSSR count). The van der Waals surface area contributed by atoms with Gasteiger partial charge in [-0.15, -0.1) is 11.3 Å². The van der Waals surface area contributed by atoms with Crippen LogP contribution >= 0.6 is 11.3 Å². The van der Waals surface area contributed by atoms with E-state index in [1.165, 1.54) is 11.3 Å². The van der Waals surface area contributed by atoms with Crippen LogP contribution in [0.1, 0.15) is 30.1 Å². The summed E-state index contributed by atoms with van der Waals surface area (Å²) in [6, 6.07) is 8.72. The highest BCUT2D eigenvalue weighted by molar-refractivity contribution is 7.89. The number of carbonyl (C=O) groups excluding carboxylic acids is 1. The van der Waals surface area contributed by atoms with Crippen molar-refractivity contribution in [1.29, 1.82) is 0 Å². The normalized spacial score (nSPS) is 10.5. The molecule has 0 radical (unpaired) electrons. The molecule has 5 nitrogen and oxygen atoms in total. The van der Waals surface area contributed by atoms with E-state index < -0.39 is 15.9 Å². The molecule has 0 aliphatic rings. The molecule has 0 atom stereocenters. The molecule has 0 saturated heterocycles. The predicted molar refractivity (Wildman–Crippen MR) is 89.1 cm³/mol. The van der Waals surface area contributed by atoms with Crippen LogP contribution in [-0.2, 0) is 27.0 Å². The van der Waals surface area contributed by atoms with Gasteiger partial charge < -0.3 is 0 Å². The SMILES string of the molecule is CC.Cc1nc(CC(=O)NS(=O)(=O)Cc2ccccc2)cs1. The molecular formula is C15H20N2O3S2. The summed E-state index contributed by atoms with van der Waals surface area (Å²) in [6.07, 6.45) is -0.0294. The molecule has 0 fully saturated rings. The predicted octanol–water partition coefficient (Wildman–Crippen LogP) is 2.67. The van der Waals surface area contributed by atoms with Gasteiger partial charge in [-0.3, -0.25) is 9.52 Å². The zero-order valence-corrected chi connectivity index (χ0v) is 14.5. The van der Waals surface area contributed by atoms with Crippen LogP contribution in [0.3, 0.4) is 0 Å². The number of carbonyl (C=O) groups is 1. The lowest BCUT2D eigenvalue weighted by Gasteiger charge is -2.06. The summed E-state index contributed by atoms with van der Waals surface area (Å²) in [4.78, 5) is 15.8. The molecule has 1 amide bonds. The Kier molecular flexibility index (Phi) is 7.20. The maximum atomic E-state index is 11.9. The van der Waals surface area contributed by atoms with E-state index in [9.17, 15) is 13.2 Å². The molecule has 0 spiro atoms. The van der Waals surface area contributed by atoms with Gasteiger partial charge in [0.1, 0.15) is 0 Å². The molecule has 120 valence electrons. The summed E-state index contributed by atoms with van der Waals surface area (Å²) >= 11 is 1.43. The van der Waals surface area contributed by atoms with E-state index in [1.54, 1.807) is 35.7 Å². The van der Waals surface area contributed by atoms with Crippen molar-refractivity contribution < 1.29 is 13.2 Å². The summed E-state index contributed by atoms with van der Waals surface area (Å²) in [5, 5.41) is 2.60. The minimum atomic E-state index is -3.67. The number of benzene rings is 1. The number of amides is 1. The molecule has 1 N–H and O–H groups in total. The third kappa shape index (κ3) is 6.36. The van der Waals surface area contributed by atoms with Crippen molar-refractivity contribution in [2.45, 2.75) is 32.9 Å². The third-order valence-electron chi connectivity index (χ3n) is 2.48. The fourth-order valence-corrected chi connectivity index (χ4v) is 3.43. The van der Waals surface area contributed by atoms with Crippen molar-refractivity contribution in [2.75, 3.05) is 0 Å². The first-order chi connectivity index (χ1) is 10.4. The van der Waals surface area contributed by atoms with Gasteiger partial charge in [0.2, 0.25) is 15.9 Å². The van der Waals surface area contributed by atoms with Crippen molar-refractivity contribution in [2.24, 2.45) is 0 Å². The van der Waals surface area contributed by atoms with Gasteiger partial charge in [-0.05, 0) is 12.5 Å². The summed E-state index contributed by atoms with van der Waals surface area (Å²) in [7, 11) is -3.67. The molecule has 22 heavy (non-hydrogen) atoms. The van der Waals surface area contributed by atoms with Gasteiger partial charge in [0.05, 0.1) is 22.9 Å². The molecule has 1 heterocycles. The largest absolute Gasteiger partial charge is 0.274 e. The summed E-state index contributed by atoms with van der Waals surface area (Å²) in [5.74, 6) is -0.776. The minimum Gasteiger partial charge on any atom is -0.274 e. The van der Waals surface area contributed by atoms with Gasteiger partial charge in [-0.2, -0.15) is 0 Å². The Hall–Kier alpha value is -1.73.